The maximum atomic E-state index is 12.3. The molecule has 0 aromatic heterocycles. The van der Waals surface area contributed by atoms with Crippen molar-refractivity contribution in [2.24, 2.45) is 0 Å². The number of rotatable bonds is 7. The number of carbonyl (C=O) groups is 1. The SMILES string of the molecule is C=C(C)COc1cccc(NC(=O)c2ccc(OC(C)C)cc2)c1. The Morgan fingerprint density at radius 3 is 2.46 bits per heavy atom. The van der Waals surface area contributed by atoms with Gasteiger partial charge in [0.05, 0.1) is 6.10 Å². The summed E-state index contributed by atoms with van der Waals surface area (Å²) in [5.74, 6) is 1.26. The van der Waals surface area contributed by atoms with Gasteiger partial charge in [-0.25, -0.2) is 0 Å². The first-order valence-corrected chi connectivity index (χ1v) is 7.89. The number of hydrogen-bond acceptors (Lipinski definition) is 3. The van der Waals surface area contributed by atoms with E-state index in [4.69, 9.17) is 9.47 Å². The molecule has 24 heavy (non-hydrogen) atoms. The van der Waals surface area contributed by atoms with Crippen LogP contribution in [0, 0.1) is 0 Å². The van der Waals surface area contributed by atoms with Crippen LogP contribution in [0.15, 0.2) is 60.7 Å². The Hall–Kier alpha value is -2.75. The van der Waals surface area contributed by atoms with E-state index in [9.17, 15) is 4.79 Å². The van der Waals surface area contributed by atoms with Crippen molar-refractivity contribution in [3.8, 4) is 11.5 Å². The van der Waals surface area contributed by atoms with Gasteiger partial charge in [-0.2, -0.15) is 0 Å². The van der Waals surface area contributed by atoms with Gasteiger partial charge in [0.25, 0.3) is 5.91 Å². The number of carbonyl (C=O) groups excluding carboxylic acids is 1. The third-order valence-corrected chi connectivity index (χ3v) is 3.07. The average Bonchev–Trinajstić information content (AvgIpc) is 2.53. The van der Waals surface area contributed by atoms with E-state index in [-0.39, 0.29) is 12.0 Å². The van der Waals surface area contributed by atoms with Crippen molar-refractivity contribution in [3.63, 3.8) is 0 Å². The van der Waals surface area contributed by atoms with Crippen molar-refractivity contribution in [1.82, 2.24) is 0 Å². The Morgan fingerprint density at radius 2 is 1.83 bits per heavy atom. The normalized spacial score (nSPS) is 10.3. The predicted octanol–water partition coefficient (Wildman–Crippen LogP) is 4.68. The van der Waals surface area contributed by atoms with E-state index in [1.807, 2.05) is 39.0 Å². The summed E-state index contributed by atoms with van der Waals surface area (Å²) >= 11 is 0. The molecule has 0 unspecified atom stereocenters. The van der Waals surface area contributed by atoms with E-state index in [2.05, 4.69) is 11.9 Å². The van der Waals surface area contributed by atoms with E-state index >= 15 is 0 Å². The van der Waals surface area contributed by atoms with Crippen LogP contribution in [-0.4, -0.2) is 18.6 Å². The van der Waals surface area contributed by atoms with Crippen LogP contribution in [0.3, 0.4) is 0 Å². The van der Waals surface area contributed by atoms with Crippen LogP contribution in [0.25, 0.3) is 0 Å². The molecule has 0 aliphatic carbocycles. The molecule has 2 rings (SSSR count). The monoisotopic (exact) mass is 325 g/mol. The van der Waals surface area contributed by atoms with Crippen LogP contribution < -0.4 is 14.8 Å². The van der Waals surface area contributed by atoms with Gasteiger partial charge in [0.15, 0.2) is 0 Å². The summed E-state index contributed by atoms with van der Waals surface area (Å²) in [5.41, 5.74) is 2.19. The van der Waals surface area contributed by atoms with Gasteiger partial charge in [0.1, 0.15) is 18.1 Å². The smallest absolute Gasteiger partial charge is 0.255 e. The molecule has 4 nitrogen and oxygen atoms in total. The molecule has 0 aliphatic rings. The molecule has 0 aliphatic heterocycles. The lowest BCUT2D eigenvalue weighted by atomic mass is 10.2. The molecule has 0 saturated heterocycles. The maximum absolute atomic E-state index is 12.3. The molecule has 0 heterocycles. The zero-order valence-corrected chi connectivity index (χ0v) is 14.3. The number of anilines is 1. The summed E-state index contributed by atoms with van der Waals surface area (Å²) in [7, 11) is 0. The largest absolute Gasteiger partial charge is 0.491 e. The van der Waals surface area contributed by atoms with Gasteiger partial charge in [0.2, 0.25) is 0 Å². The van der Waals surface area contributed by atoms with Crippen molar-refractivity contribution in [2.45, 2.75) is 26.9 Å². The van der Waals surface area contributed by atoms with Crippen molar-refractivity contribution in [1.29, 1.82) is 0 Å². The van der Waals surface area contributed by atoms with Crippen LogP contribution in [0.1, 0.15) is 31.1 Å². The standard InChI is InChI=1S/C20H23NO3/c1-14(2)13-23-19-7-5-6-17(12-19)21-20(22)16-8-10-18(11-9-16)24-15(3)4/h5-12,15H,1,13H2,2-4H3,(H,21,22). The van der Waals surface area contributed by atoms with Crippen LogP contribution in [0.5, 0.6) is 11.5 Å². The number of amides is 1. The number of ether oxygens (including phenoxy) is 2. The highest BCUT2D eigenvalue weighted by molar-refractivity contribution is 6.04. The summed E-state index contributed by atoms with van der Waals surface area (Å²) in [6.45, 7) is 10.1. The lowest BCUT2D eigenvalue weighted by Gasteiger charge is -2.11. The van der Waals surface area contributed by atoms with Gasteiger partial charge in [-0.3, -0.25) is 4.79 Å². The molecular weight excluding hydrogens is 302 g/mol. The van der Waals surface area contributed by atoms with E-state index < -0.39 is 0 Å². The zero-order valence-electron chi connectivity index (χ0n) is 14.3. The summed E-state index contributed by atoms with van der Waals surface area (Å²) in [5, 5.41) is 2.86. The summed E-state index contributed by atoms with van der Waals surface area (Å²) in [6.07, 6.45) is 0.103. The second-order valence-corrected chi connectivity index (χ2v) is 5.92. The van der Waals surface area contributed by atoms with Crippen molar-refractivity contribution < 1.29 is 14.3 Å². The van der Waals surface area contributed by atoms with Gasteiger partial charge in [-0.05, 0) is 62.7 Å². The molecule has 0 saturated carbocycles. The van der Waals surface area contributed by atoms with Gasteiger partial charge in [0, 0.05) is 17.3 Å². The first kappa shape index (κ1) is 17.6. The number of nitrogens with one attached hydrogen (secondary N) is 1. The molecule has 0 atom stereocenters. The first-order valence-electron chi connectivity index (χ1n) is 7.89. The van der Waals surface area contributed by atoms with Crippen LogP contribution in [0.4, 0.5) is 5.69 Å². The zero-order chi connectivity index (χ0) is 17.5. The van der Waals surface area contributed by atoms with Crippen molar-refractivity contribution in [2.75, 3.05) is 11.9 Å². The molecule has 1 amide bonds. The molecule has 0 radical (unpaired) electrons. The second kappa shape index (κ2) is 8.20. The highest BCUT2D eigenvalue weighted by Crippen LogP contribution is 2.19. The highest BCUT2D eigenvalue weighted by Gasteiger charge is 2.07. The Balaban J connectivity index is 2.01. The minimum atomic E-state index is -0.178. The fraction of sp³-hybridized carbons (Fsp3) is 0.250. The van der Waals surface area contributed by atoms with Crippen molar-refractivity contribution in [3.05, 3.63) is 66.2 Å². The predicted molar refractivity (Wildman–Crippen MR) is 96.9 cm³/mol. The molecule has 0 fully saturated rings. The van der Waals surface area contributed by atoms with Crippen LogP contribution in [0.2, 0.25) is 0 Å². The topological polar surface area (TPSA) is 47.6 Å². The molecule has 0 bridgehead atoms. The van der Waals surface area contributed by atoms with Crippen LogP contribution >= 0.6 is 0 Å². The van der Waals surface area contributed by atoms with E-state index in [0.29, 0.717) is 23.6 Å². The van der Waals surface area contributed by atoms with Gasteiger partial charge < -0.3 is 14.8 Å². The summed E-state index contributed by atoms with van der Waals surface area (Å²) < 4.78 is 11.2. The molecule has 4 heteroatoms. The molecule has 1 N–H and O–H groups in total. The fourth-order valence-electron chi connectivity index (χ4n) is 2.03. The fourth-order valence-corrected chi connectivity index (χ4v) is 2.03. The maximum Gasteiger partial charge on any atom is 0.255 e. The second-order valence-electron chi connectivity index (χ2n) is 5.92. The van der Waals surface area contributed by atoms with Gasteiger partial charge in [-0.15, -0.1) is 0 Å². The van der Waals surface area contributed by atoms with Crippen LogP contribution in [-0.2, 0) is 0 Å². The molecule has 2 aromatic rings. The quantitative estimate of drug-likeness (QED) is 0.752. The third-order valence-electron chi connectivity index (χ3n) is 3.07. The van der Waals surface area contributed by atoms with Crippen molar-refractivity contribution >= 4 is 11.6 Å². The Labute approximate surface area is 143 Å². The lowest BCUT2D eigenvalue weighted by Crippen LogP contribution is -2.12. The number of benzene rings is 2. The Morgan fingerprint density at radius 1 is 1.12 bits per heavy atom. The Kier molecular flexibility index (Phi) is 6.01. The average molecular weight is 325 g/mol. The van der Waals surface area contributed by atoms with E-state index in [1.54, 1.807) is 30.3 Å². The first-order chi connectivity index (χ1) is 11.4. The molecule has 0 spiro atoms. The van der Waals surface area contributed by atoms with E-state index in [0.717, 1.165) is 11.3 Å². The molecule has 2 aromatic carbocycles. The summed E-state index contributed by atoms with van der Waals surface area (Å²) in [4.78, 5) is 12.3. The molecular formula is C20H23NO3. The van der Waals surface area contributed by atoms with Gasteiger partial charge >= 0.3 is 0 Å². The third kappa shape index (κ3) is 5.47. The van der Waals surface area contributed by atoms with E-state index in [1.165, 1.54) is 0 Å². The Bertz CT molecular complexity index is 705. The minimum absolute atomic E-state index is 0.103. The minimum Gasteiger partial charge on any atom is -0.491 e. The number of hydrogen-bond donors (Lipinski definition) is 1. The highest BCUT2D eigenvalue weighted by atomic mass is 16.5. The van der Waals surface area contributed by atoms with Gasteiger partial charge in [-0.1, -0.05) is 12.6 Å². The molecule has 126 valence electrons. The lowest BCUT2D eigenvalue weighted by molar-refractivity contribution is 0.102. The summed E-state index contributed by atoms with van der Waals surface area (Å²) in [6, 6.07) is 14.4.